The first-order valence-corrected chi connectivity index (χ1v) is 11.4. The Labute approximate surface area is 174 Å². The molecule has 8 nitrogen and oxygen atoms in total. The number of carbonyl (C=O) groups excluding carboxylic acids is 2. The van der Waals surface area contributed by atoms with E-state index >= 15 is 0 Å². The van der Waals surface area contributed by atoms with E-state index in [1.165, 1.54) is 0 Å². The molecule has 30 heavy (non-hydrogen) atoms. The third-order valence-electron chi connectivity index (χ3n) is 4.15. The molecule has 0 aliphatic rings. The Hall–Kier alpha value is -3.33. The molecular weight excluding hydrogens is 406 g/mol. The summed E-state index contributed by atoms with van der Waals surface area (Å²) >= 11 is 0. The highest BCUT2D eigenvalue weighted by Crippen LogP contribution is 2.29. The molecule has 1 aromatic heterocycles. The van der Waals surface area contributed by atoms with Crippen LogP contribution in [0.1, 0.15) is 30.0 Å². The van der Waals surface area contributed by atoms with E-state index in [0.29, 0.717) is 27.9 Å². The molecule has 0 radical (unpaired) electrons. The zero-order chi connectivity index (χ0) is 21.9. The standard InChI is InChI=1S/C21H23N3O5S/c1-13(2)22-21(26)24-17-10-6-5-9-16(17)23-20(25)19-15(12-30(3,27)28)14-8-4-7-11-18(14)29-19/h4-11,13H,12H2,1-3H3,(H,23,25)(H2,22,24,26). The van der Waals surface area contributed by atoms with Gasteiger partial charge in [-0.2, -0.15) is 0 Å². The first-order valence-electron chi connectivity index (χ1n) is 9.30. The van der Waals surface area contributed by atoms with Crippen molar-refractivity contribution < 1.29 is 22.4 Å². The fourth-order valence-electron chi connectivity index (χ4n) is 2.99. The van der Waals surface area contributed by atoms with E-state index in [9.17, 15) is 18.0 Å². The van der Waals surface area contributed by atoms with Crippen molar-refractivity contribution in [3.05, 3.63) is 59.9 Å². The van der Waals surface area contributed by atoms with Crippen molar-refractivity contribution in [3.63, 3.8) is 0 Å². The topological polar surface area (TPSA) is 118 Å². The van der Waals surface area contributed by atoms with Crippen LogP contribution < -0.4 is 16.0 Å². The Morgan fingerprint density at radius 3 is 2.20 bits per heavy atom. The SMILES string of the molecule is CC(C)NC(=O)Nc1ccccc1NC(=O)c1oc2ccccc2c1CS(C)(=O)=O. The van der Waals surface area contributed by atoms with E-state index in [1.807, 2.05) is 13.8 Å². The van der Waals surface area contributed by atoms with Gasteiger partial charge in [0.2, 0.25) is 0 Å². The van der Waals surface area contributed by atoms with Crippen LogP contribution in [-0.4, -0.2) is 32.7 Å². The number of hydrogen-bond acceptors (Lipinski definition) is 5. The summed E-state index contributed by atoms with van der Waals surface area (Å²) in [6, 6.07) is 13.1. The Bertz CT molecular complexity index is 1200. The van der Waals surface area contributed by atoms with Crippen LogP contribution in [0.3, 0.4) is 0 Å². The van der Waals surface area contributed by atoms with E-state index in [2.05, 4.69) is 16.0 Å². The second-order valence-electron chi connectivity index (χ2n) is 7.23. The largest absolute Gasteiger partial charge is 0.451 e. The van der Waals surface area contributed by atoms with E-state index in [-0.39, 0.29) is 17.6 Å². The molecule has 9 heteroatoms. The van der Waals surface area contributed by atoms with Crippen LogP contribution in [0, 0.1) is 0 Å². The number of amides is 3. The van der Waals surface area contributed by atoms with Crippen molar-refractivity contribution >= 4 is 44.1 Å². The Kier molecular flexibility index (Phi) is 6.12. The number of fused-ring (bicyclic) bond motifs is 1. The maximum Gasteiger partial charge on any atom is 0.319 e. The molecule has 0 spiro atoms. The van der Waals surface area contributed by atoms with Gasteiger partial charge in [-0.05, 0) is 32.0 Å². The van der Waals surface area contributed by atoms with Crippen LogP contribution in [0.15, 0.2) is 52.9 Å². The van der Waals surface area contributed by atoms with Crippen LogP contribution in [0.25, 0.3) is 11.0 Å². The molecule has 0 saturated carbocycles. The summed E-state index contributed by atoms with van der Waals surface area (Å²) in [5, 5.41) is 8.66. The molecule has 0 saturated heterocycles. The normalized spacial score (nSPS) is 11.5. The lowest BCUT2D eigenvalue weighted by molar-refractivity contribution is 0.0998. The van der Waals surface area contributed by atoms with Gasteiger partial charge in [0, 0.05) is 23.2 Å². The van der Waals surface area contributed by atoms with Crippen molar-refractivity contribution in [3.8, 4) is 0 Å². The number of urea groups is 1. The summed E-state index contributed by atoms with van der Waals surface area (Å²) in [7, 11) is -3.41. The van der Waals surface area contributed by atoms with Crippen molar-refractivity contribution in [2.45, 2.75) is 25.6 Å². The van der Waals surface area contributed by atoms with Gasteiger partial charge < -0.3 is 20.4 Å². The zero-order valence-corrected chi connectivity index (χ0v) is 17.7. The molecule has 1 heterocycles. The minimum Gasteiger partial charge on any atom is -0.451 e. The summed E-state index contributed by atoms with van der Waals surface area (Å²) in [5.41, 5.74) is 1.47. The van der Waals surface area contributed by atoms with Gasteiger partial charge in [0.15, 0.2) is 15.6 Å². The Balaban J connectivity index is 1.93. The molecule has 0 unspecified atom stereocenters. The van der Waals surface area contributed by atoms with Crippen molar-refractivity contribution in [2.75, 3.05) is 16.9 Å². The number of para-hydroxylation sites is 3. The number of sulfone groups is 1. The number of hydrogen-bond donors (Lipinski definition) is 3. The lowest BCUT2D eigenvalue weighted by Crippen LogP contribution is -2.34. The lowest BCUT2D eigenvalue weighted by Gasteiger charge is -2.14. The first-order chi connectivity index (χ1) is 14.1. The summed E-state index contributed by atoms with van der Waals surface area (Å²) in [6.07, 6.45) is 1.10. The van der Waals surface area contributed by atoms with Gasteiger partial charge in [-0.25, -0.2) is 13.2 Å². The second-order valence-corrected chi connectivity index (χ2v) is 9.37. The minimum absolute atomic E-state index is 0.0548. The van der Waals surface area contributed by atoms with E-state index in [0.717, 1.165) is 6.26 Å². The Morgan fingerprint density at radius 1 is 0.967 bits per heavy atom. The maximum absolute atomic E-state index is 13.0. The highest BCUT2D eigenvalue weighted by atomic mass is 32.2. The predicted octanol–water partition coefficient (Wildman–Crippen LogP) is 3.76. The number of rotatable bonds is 6. The molecule has 0 bridgehead atoms. The molecule has 158 valence electrons. The smallest absolute Gasteiger partial charge is 0.319 e. The summed E-state index contributed by atoms with van der Waals surface area (Å²) in [5.74, 6) is -1.02. The van der Waals surface area contributed by atoms with Crippen molar-refractivity contribution in [1.82, 2.24) is 5.32 Å². The molecule has 0 aliphatic heterocycles. The third kappa shape index (κ3) is 5.18. The van der Waals surface area contributed by atoms with Gasteiger partial charge in [0.25, 0.3) is 5.91 Å². The predicted molar refractivity (Wildman–Crippen MR) is 116 cm³/mol. The van der Waals surface area contributed by atoms with Gasteiger partial charge in [-0.15, -0.1) is 0 Å². The second kappa shape index (κ2) is 8.58. The van der Waals surface area contributed by atoms with Gasteiger partial charge in [0.1, 0.15) is 5.58 Å². The molecule has 0 fully saturated rings. The van der Waals surface area contributed by atoms with Crippen LogP contribution in [0.4, 0.5) is 16.2 Å². The average Bonchev–Trinajstić information content (AvgIpc) is 3.00. The van der Waals surface area contributed by atoms with Gasteiger partial charge in [-0.1, -0.05) is 30.3 Å². The zero-order valence-electron chi connectivity index (χ0n) is 16.9. The number of anilines is 2. The minimum atomic E-state index is -3.41. The van der Waals surface area contributed by atoms with E-state index in [4.69, 9.17) is 4.42 Å². The summed E-state index contributed by atoms with van der Waals surface area (Å²) < 4.78 is 29.5. The Morgan fingerprint density at radius 2 is 1.57 bits per heavy atom. The molecular formula is C21H23N3O5S. The molecule has 3 amide bonds. The number of nitrogens with one attached hydrogen (secondary N) is 3. The van der Waals surface area contributed by atoms with Crippen LogP contribution >= 0.6 is 0 Å². The molecule has 3 rings (SSSR count). The molecule has 3 N–H and O–H groups in total. The van der Waals surface area contributed by atoms with Crippen molar-refractivity contribution in [1.29, 1.82) is 0 Å². The molecule has 0 atom stereocenters. The molecule has 0 aliphatic carbocycles. The lowest BCUT2D eigenvalue weighted by atomic mass is 10.1. The quantitative estimate of drug-likeness (QED) is 0.551. The number of furan rings is 1. The average molecular weight is 429 g/mol. The first kappa shape index (κ1) is 21.4. The fourth-order valence-corrected chi connectivity index (χ4v) is 3.80. The monoisotopic (exact) mass is 429 g/mol. The van der Waals surface area contributed by atoms with Crippen LogP contribution in [0.2, 0.25) is 0 Å². The highest BCUT2D eigenvalue weighted by Gasteiger charge is 2.24. The number of benzene rings is 2. The van der Waals surface area contributed by atoms with Crippen LogP contribution in [-0.2, 0) is 15.6 Å². The van der Waals surface area contributed by atoms with Gasteiger partial charge >= 0.3 is 6.03 Å². The van der Waals surface area contributed by atoms with E-state index < -0.39 is 21.8 Å². The fraction of sp³-hybridized carbons (Fsp3) is 0.238. The van der Waals surface area contributed by atoms with Crippen molar-refractivity contribution in [2.24, 2.45) is 0 Å². The third-order valence-corrected chi connectivity index (χ3v) is 4.97. The van der Waals surface area contributed by atoms with Gasteiger partial charge in [0.05, 0.1) is 17.1 Å². The summed E-state index contributed by atoms with van der Waals surface area (Å²) in [4.78, 5) is 25.0. The van der Waals surface area contributed by atoms with Crippen LogP contribution in [0.5, 0.6) is 0 Å². The van der Waals surface area contributed by atoms with Gasteiger partial charge in [-0.3, -0.25) is 4.79 Å². The highest BCUT2D eigenvalue weighted by molar-refractivity contribution is 7.89. The summed E-state index contributed by atoms with van der Waals surface area (Å²) in [6.45, 7) is 3.66. The molecule has 2 aromatic carbocycles. The maximum atomic E-state index is 13.0. The van der Waals surface area contributed by atoms with E-state index in [1.54, 1.807) is 48.5 Å². The molecule has 3 aromatic rings. The number of carbonyl (C=O) groups is 2.